The summed E-state index contributed by atoms with van der Waals surface area (Å²) >= 11 is 12.3. The predicted molar refractivity (Wildman–Crippen MR) is 102 cm³/mol. The van der Waals surface area contributed by atoms with E-state index in [1.165, 1.54) is 13.2 Å². The topological polar surface area (TPSA) is 50.7 Å². The summed E-state index contributed by atoms with van der Waals surface area (Å²) in [5, 5.41) is 12.9. The maximum atomic E-state index is 13.9. The number of ether oxygens (including phenoxy) is 2. The minimum Gasteiger partial charge on any atom is -0.493 e. The summed E-state index contributed by atoms with van der Waals surface area (Å²) in [5.74, 6) is 0.501. The summed E-state index contributed by atoms with van der Waals surface area (Å²) in [4.78, 5) is 0. The molecule has 2 aromatic carbocycles. The second-order valence-electron chi connectivity index (χ2n) is 5.69. The number of aliphatic hydroxyl groups is 1. The lowest BCUT2D eigenvalue weighted by molar-refractivity contribution is 0.279. The van der Waals surface area contributed by atoms with Gasteiger partial charge < -0.3 is 19.9 Å². The molecule has 0 bridgehead atoms. The van der Waals surface area contributed by atoms with Crippen molar-refractivity contribution in [1.82, 2.24) is 5.32 Å². The Morgan fingerprint density at radius 3 is 2.62 bits per heavy atom. The molecule has 0 amide bonds. The Balaban J connectivity index is 2.06. The fraction of sp³-hybridized carbons (Fsp3) is 0.368. The lowest BCUT2D eigenvalue weighted by Gasteiger charge is -2.15. The van der Waals surface area contributed by atoms with Gasteiger partial charge in [0.25, 0.3) is 0 Å². The smallest absolute Gasteiger partial charge is 0.163 e. The van der Waals surface area contributed by atoms with Gasteiger partial charge >= 0.3 is 0 Å². The molecule has 7 heteroatoms. The third-order valence-electron chi connectivity index (χ3n) is 3.84. The molecule has 0 aliphatic heterocycles. The van der Waals surface area contributed by atoms with Gasteiger partial charge in [0, 0.05) is 29.8 Å². The van der Waals surface area contributed by atoms with E-state index in [9.17, 15) is 4.39 Å². The molecule has 4 nitrogen and oxygen atoms in total. The van der Waals surface area contributed by atoms with Crippen molar-refractivity contribution in [2.24, 2.45) is 0 Å². The summed E-state index contributed by atoms with van der Waals surface area (Å²) in [6.45, 7) is 1.51. The highest BCUT2D eigenvalue weighted by atomic mass is 35.5. The number of methoxy groups -OCH3 is 1. The van der Waals surface area contributed by atoms with E-state index in [1.807, 2.05) is 0 Å². The number of hydrogen-bond acceptors (Lipinski definition) is 4. The quantitative estimate of drug-likeness (QED) is 0.572. The lowest BCUT2D eigenvalue weighted by atomic mass is 10.2. The van der Waals surface area contributed by atoms with E-state index in [1.54, 1.807) is 24.3 Å². The molecular formula is C19H22Cl2FNO3. The van der Waals surface area contributed by atoms with Crippen molar-refractivity contribution in [3.05, 3.63) is 57.3 Å². The van der Waals surface area contributed by atoms with Crippen LogP contribution in [0.25, 0.3) is 0 Å². The highest BCUT2D eigenvalue weighted by Crippen LogP contribution is 2.34. The first-order valence-corrected chi connectivity index (χ1v) is 9.06. The van der Waals surface area contributed by atoms with Gasteiger partial charge in [0.1, 0.15) is 12.4 Å². The average Bonchev–Trinajstić information content (AvgIpc) is 2.62. The molecule has 142 valence electrons. The number of hydrogen-bond donors (Lipinski definition) is 2. The first-order valence-electron chi connectivity index (χ1n) is 8.30. The molecule has 0 aliphatic carbocycles. The Hall–Kier alpha value is -1.53. The summed E-state index contributed by atoms with van der Waals surface area (Å²) < 4.78 is 24.9. The summed E-state index contributed by atoms with van der Waals surface area (Å²) in [6.07, 6.45) is 1.64. The summed E-state index contributed by atoms with van der Waals surface area (Å²) in [6, 6.07) is 7.93. The monoisotopic (exact) mass is 401 g/mol. The molecular weight excluding hydrogens is 380 g/mol. The van der Waals surface area contributed by atoms with E-state index < -0.39 is 5.82 Å². The molecule has 2 aromatic rings. The van der Waals surface area contributed by atoms with E-state index >= 15 is 0 Å². The van der Waals surface area contributed by atoms with Crippen molar-refractivity contribution in [2.75, 3.05) is 20.3 Å². The van der Waals surface area contributed by atoms with Gasteiger partial charge in [0.2, 0.25) is 0 Å². The van der Waals surface area contributed by atoms with Crippen molar-refractivity contribution < 1.29 is 19.0 Å². The zero-order valence-electron chi connectivity index (χ0n) is 14.5. The minimum atomic E-state index is -0.425. The molecule has 2 rings (SSSR count). The van der Waals surface area contributed by atoms with Gasteiger partial charge in [-0.25, -0.2) is 4.39 Å². The van der Waals surface area contributed by atoms with Crippen LogP contribution in [-0.4, -0.2) is 25.4 Å². The van der Waals surface area contributed by atoms with E-state index in [2.05, 4.69) is 5.32 Å². The second-order valence-corrected chi connectivity index (χ2v) is 6.51. The van der Waals surface area contributed by atoms with Crippen molar-refractivity contribution in [1.29, 1.82) is 0 Å². The molecule has 0 heterocycles. The van der Waals surface area contributed by atoms with Gasteiger partial charge in [-0.3, -0.25) is 0 Å². The molecule has 0 aromatic heterocycles. The molecule has 0 spiro atoms. The average molecular weight is 402 g/mol. The number of benzene rings is 2. The van der Waals surface area contributed by atoms with E-state index in [4.69, 9.17) is 37.8 Å². The third-order valence-corrected chi connectivity index (χ3v) is 4.55. The SMILES string of the molecule is COc1cc(CNCCCCO)c(Cl)cc1OCc1c(F)cccc1Cl. The van der Waals surface area contributed by atoms with E-state index in [0.717, 1.165) is 24.9 Å². The first-order chi connectivity index (χ1) is 12.6. The molecule has 26 heavy (non-hydrogen) atoms. The predicted octanol–water partition coefficient (Wildman–Crippen LogP) is 4.58. The van der Waals surface area contributed by atoms with Crippen molar-refractivity contribution in [3.63, 3.8) is 0 Å². The molecule has 0 fully saturated rings. The second kappa shape index (κ2) is 10.6. The van der Waals surface area contributed by atoms with Crippen molar-refractivity contribution in [2.45, 2.75) is 26.0 Å². The number of nitrogens with one attached hydrogen (secondary N) is 1. The first kappa shape index (κ1) is 20.8. The standard InChI is InChI=1S/C19H22Cl2FNO3/c1-25-18-9-13(11-23-7-2-3-8-24)16(21)10-19(18)26-12-14-15(20)5-4-6-17(14)22/h4-6,9-10,23-24H,2-3,7-8,11-12H2,1H3. The maximum absolute atomic E-state index is 13.9. The maximum Gasteiger partial charge on any atom is 0.163 e. The van der Waals surface area contributed by atoms with E-state index in [-0.39, 0.29) is 18.8 Å². The van der Waals surface area contributed by atoms with Gasteiger partial charge in [-0.05, 0) is 43.1 Å². The Bertz CT molecular complexity index is 708. The van der Waals surface area contributed by atoms with Gasteiger partial charge in [-0.2, -0.15) is 0 Å². The van der Waals surface area contributed by atoms with Gasteiger partial charge in [-0.1, -0.05) is 29.3 Å². The molecule has 0 radical (unpaired) electrons. The summed E-state index contributed by atoms with van der Waals surface area (Å²) in [7, 11) is 1.53. The zero-order valence-corrected chi connectivity index (χ0v) is 16.0. The number of rotatable bonds is 10. The minimum absolute atomic E-state index is 0.0308. The van der Waals surface area contributed by atoms with Crippen LogP contribution in [0.1, 0.15) is 24.0 Å². The molecule has 2 N–H and O–H groups in total. The van der Waals surface area contributed by atoms with Gasteiger partial charge in [-0.15, -0.1) is 0 Å². The molecule has 0 aliphatic rings. The highest BCUT2D eigenvalue weighted by molar-refractivity contribution is 6.31. The van der Waals surface area contributed by atoms with Crippen LogP contribution in [-0.2, 0) is 13.2 Å². The number of unbranched alkanes of at least 4 members (excludes halogenated alkanes) is 1. The Labute approximate surface area is 162 Å². The Morgan fingerprint density at radius 2 is 1.92 bits per heavy atom. The fourth-order valence-electron chi connectivity index (χ4n) is 2.39. The van der Waals surface area contributed by atoms with E-state index in [0.29, 0.717) is 28.1 Å². The normalized spacial score (nSPS) is 10.8. The third kappa shape index (κ3) is 5.74. The molecule has 0 atom stereocenters. The van der Waals surface area contributed by atoms with Crippen molar-refractivity contribution >= 4 is 23.2 Å². The van der Waals surface area contributed by atoms with Crippen LogP contribution < -0.4 is 14.8 Å². The summed E-state index contributed by atoms with van der Waals surface area (Å²) in [5.41, 5.74) is 1.14. The number of aliphatic hydroxyl groups excluding tert-OH is 1. The molecule has 0 saturated carbocycles. The van der Waals surface area contributed by atoms with Crippen molar-refractivity contribution in [3.8, 4) is 11.5 Å². The van der Waals surface area contributed by atoms with Gasteiger partial charge in [0.05, 0.1) is 12.1 Å². The van der Waals surface area contributed by atoms with Crippen LogP contribution in [0.3, 0.4) is 0 Å². The van der Waals surface area contributed by atoms with Crippen LogP contribution in [0.15, 0.2) is 30.3 Å². The largest absolute Gasteiger partial charge is 0.493 e. The Kier molecular flexibility index (Phi) is 8.45. The van der Waals surface area contributed by atoms with Gasteiger partial charge in [0.15, 0.2) is 11.5 Å². The molecule has 0 saturated heterocycles. The molecule has 0 unspecified atom stereocenters. The highest BCUT2D eigenvalue weighted by Gasteiger charge is 2.13. The zero-order chi connectivity index (χ0) is 18.9. The number of halogens is 3. The Morgan fingerprint density at radius 1 is 1.12 bits per heavy atom. The van der Waals surface area contributed by atoms with Crippen LogP contribution in [0.4, 0.5) is 4.39 Å². The van der Waals surface area contributed by atoms with Crippen LogP contribution in [0, 0.1) is 5.82 Å². The van der Waals surface area contributed by atoms with Crippen LogP contribution >= 0.6 is 23.2 Å². The lowest BCUT2D eigenvalue weighted by Crippen LogP contribution is -2.15. The fourth-order valence-corrected chi connectivity index (χ4v) is 2.83. The van der Waals surface area contributed by atoms with Crippen LogP contribution in [0.5, 0.6) is 11.5 Å². The van der Waals surface area contributed by atoms with Crippen LogP contribution in [0.2, 0.25) is 10.0 Å².